The number of methoxy groups -OCH3 is 1. The summed E-state index contributed by atoms with van der Waals surface area (Å²) in [7, 11) is 1.29. The van der Waals surface area contributed by atoms with Gasteiger partial charge in [0.25, 0.3) is 0 Å². The number of carbonyl (C=O) groups is 1. The Balaban J connectivity index is 2.67. The van der Waals surface area contributed by atoms with Crippen LogP contribution in [0.25, 0.3) is 0 Å². The van der Waals surface area contributed by atoms with Gasteiger partial charge in [0, 0.05) is 0 Å². The third-order valence-electron chi connectivity index (χ3n) is 3.59. The number of hydrogen-bond donors (Lipinski definition) is 1. The van der Waals surface area contributed by atoms with Gasteiger partial charge in [0.15, 0.2) is 6.10 Å². The molecule has 0 saturated heterocycles. The van der Waals surface area contributed by atoms with Gasteiger partial charge in [-0.15, -0.1) is 11.8 Å². The first-order valence-corrected chi connectivity index (χ1v) is 8.16. The Morgan fingerprint density at radius 3 is 1.91 bits per heavy atom. The summed E-state index contributed by atoms with van der Waals surface area (Å²) in [6.45, 7) is 2.01. The summed E-state index contributed by atoms with van der Waals surface area (Å²) in [5, 5.41) is 10.8. The van der Waals surface area contributed by atoms with E-state index in [1.807, 2.05) is 67.6 Å². The normalized spacial score (nSPS) is 12.7. The molecule has 0 spiro atoms. The van der Waals surface area contributed by atoms with Crippen LogP contribution in [0.15, 0.2) is 60.7 Å². The molecule has 0 heterocycles. The summed E-state index contributed by atoms with van der Waals surface area (Å²) in [6.07, 6.45) is -1.28. The van der Waals surface area contributed by atoms with Crippen LogP contribution in [0.4, 0.5) is 0 Å². The van der Waals surface area contributed by atoms with E-state index in [-0.39, 0.29) is 0 Å². The highest BCUT2D eigenvalue weighted by Crippen LogP contribution is 2.46. The molecule has 116 valence electrons. The molecule has 0 aliphatic carbocycles. The first-order chi connectivity index (χ1) is 10.7. The molecule has 0 bridgehead atoms. The van der Waals surface area contributed by atoms with Gasteiger partial charge >= 0.3 is 5.97 Å². The Kier molecular flexibility index (Phi) is 5.63. The molecule has 0 fully saturated rings. The lowest BCUT2D eigenvalue weighted by molar-refractivity contribution is -0.151. The van der Waals surface area contributed by atoms with Gasteiger partial charge in [-0.25, -0.2) is 4.79 Å². The molecule has 0 saturated carbocycles. The third kappa shape index (κ3) is 3.03. The molecule has 4 heteroatoms. The Morgan fingerprint density at radius 2 is 1.55 bits per heavy atom. The van der Waals surface area contributed by atoms with E-state index in [4.69, 9.17) is 4.74 Å². The van der Waals surface area contributed by atoms with Gasteiger partial charge < -0.3 is 9.84 Å². The minimum atomic E-state index is -1.28. The first-order valence-electron chi connectivity index (χ1n) is 7.17. The molecular weight excluding hydrogens is 296 g/mol. The van der Waals surface area contributed by atoms with Crippen molar-refractivity contribution in [3.05, 3.63) is 71.8 Å². The maximum atomic E-state index is 12.1. The van der Waals surface area contributed by atoms with Crippen LogP contribution in [0.3, 0.4) is 0 Å². The number of ether oxygens (including phenoxy) is 1. The number of carbonyl (C=O) groups excluding carboxylic acids is 1. The van der Waals surface area contributed by atoms with Crippen LogP contribution >= 0.6 is 11.8 Å². The number of benzene rings is 2. The summed E-state index contributed by atoms with van der Waals surface area (Å²) in [4.78, 5) is 12.1. The van der Waals surface area contributed by atoms with E-state index in [9.17, 15) is 9.90 Å². The van der Waals surface area contributed by atoms with Gasteiger partial charge in [-0.3, -0.25) is 0 Å². The number of rotatable bonds is 6. The van der Waals surface area contributed by atoms with E-state index in [2.05, 4.69) is 0 Å². The molecule has 1 atom stereocenters. The zero-order valence-corrected chi connectivity index (χ0v) is 13.5. The lowest BCUT2D eigenvalue weighted by atomic mass is 9.85. The van der Waals surface area contributed by atoms with E-state index in [1.165, 1.54) is 18.9 Å². The zero-order chi connectivity index (χ0) is 16.0. The number of esters is 1. The molecule has 0 radical (unpaired) electrons. The lowest BCUT2D eigenvalue weighted by Crippen LogP contribution is -2.44. The van der Waals surface area contributed by atoms with Crippen LogP contribution in [0, 0.1) is 0 Å². The van der Waals surface area contributed by atoms with E-state index >= 15 is 0 Å². The standard InChI is InChI=1S/C18H20O3S/c1-3-22-18(16(19)17(20)21-2,14-10-6-4-7-11-14)15-12-8-5-9-13-15/h4-13,16,19H,3H2,1-2H3. The van der Waals surface area contributed by atoms with Gasteiger partial charge in [-0.05, 0) is 16.9 Å². The number of hydrogen-bond acceptors (Lipinski definition) is 4. The van der Waals surface area contributed by atoms with Crippen molar-refractivity contribution in [1.82, 2.24) is 0 Å². The van der Waals surface area contributed by atoms with Crippen molar-refractivity contribution in [2.75, 3.05) is 12.9 Å². The molecule has 2 rings (SSSR count). The summed E-state index contributed by atoms with van der Waals surface area (Å²) in [6, 6.07) is 19.2. The fourth-order valence-corrected chi connectivity index (χ4v) is 3.92. The molecule has 2 aromatic carbocycles. The lowest BCUT2D eigenvalue weighted by Gasteiger charge is -2.37. The summed E-state index contributed by atoms with van der Waals surface area (Å²) < 4.78 is 3.92. The van der Waals surface area contributed by atoms with Crippen molar-refractivity contribution in [3.8, 4) is 0 Å². The largest absolute Gasteiger partial charge is 0.467 e. The zero-order valence-electron chi connectivity index (χ0n) is 12.7. The summed E-state index contributed by atoms with van der Waals surface area (Å²) >= 11 is 1.53. The van der Waals surface area contributed by atoms with Crippen molar-refractivity contribution in [3.63, 3.8) is 0 Å². The average molecular weight is 316 g/mol. The number of aliphatic hydroxyl groups is 1. The van der Waals surface area contributed by atoms with Crippen molar-refractivity contribution >= 4 is 17.7 Å². The molecule has 0 aliphatic rings. The van der Waals surface area contributed by atoms with Crippen LogP contribution < -0.4 is 0 Å². The van der Waals surface area contributed by atoms with Crippen LogP contribution in [0.5, 0.6) is 0 Å². The Hall–Kier alpha value is -1.78. The minimum Gasteiger partial charge on any atom is -0.467 e. The van der Waals surface area contributed by atoms with E-state index < -0.39 is 16.8 Å². The SMILES string of the molecule is CCSC(c1ccccc1)(c1ccccc1)C(O)C(=O)OC. The highest BCUT2D eigenvalue weighted by Gasteiger charge is 2.46. The van der Waals surface area contributed by atoms with Crippen molar-refractivity contribution in [2.24, 2.45) is 0 Å². The predicted octanol–water partition coefficient (Wildman–Crippen LogP) is 3.22. The molecule has 0 aliphatic heterocycles. The predicted molar refractivity (Wildman–Crippen MR) is 89.8 cm³/mol. The molecule has 22 heavy (non-hydrogen) atoms. The highest BCUT2D eigenvalue weighted by molar-refractivity contribution is 8.00. The Bertz CT molecular complexity index is 559. The van der Waals surface area contributed by atoms with Crippen LogP contribution in [-0.4, -0.2) is 30.0 Å². The second-order valence-electron chi connectivity index (χ2n) is 4.83. The topological polar surface area (TPSA) is 46.5 Å². The first kappa shape index (κ1) is 16.6. The smallest absolute Gasteiger partial charge is 0.336 e. The summed E-state index contributed by atoms with van der Waals surface area (Å²) in [5.41, 5.74) is 1.76. The fraction of sp³-hybridized carbons (Fsp3) is 0.278. The fourth-order valence-electron chi connectivity index (χ4n) is 2.60. The highest BCUT2D eigenvalue weighted by atomic mass is 32.2. The molecule has 2 aromatic rings. The maximum Gasteiger partial charge on any atom is 0.336 e. The van der Waals surface area contributed by atoms with Gasteiger partial charge in [0.2, 0.25) is 0 Å². The number of aliphatic hydroxyl groups excluding tert-OH is 1. The van der Waals surface area contributed by atoms with E-state index in [1.54, 1.807) is 0 Å². The molecule has 1 N–H and O–H groups in total. The monoisotopic (exact) mass is 316 g/mol. The van der Waals surface area contributed by atoms with Crippen LogP contribution in [-0.2, 0) is 14.3 Å². The van der Waals surface area contributed by atoms with Crippen LogP contribution in [0.1, 0.15) is 18.1 Å². The van der Waals surface area contributed by atoms with Gasteiger partial charge in [0.05, 0.1) is 7.11 Å². The second-order valence-corrected chi connectivity index (χ2v) is 6.34. The van der Waals surface area contributed by atoms with Crippen molar-refractivity contribution < 1.29 is 14.6 Å². The van der Waals surface area contributed by atoms with Crippen molar-refractivity contribution in [2.45, 2.75) is 17.8 Å². The molecule has 0 aromatic heterocycles. The Labute approximate surface area is 135 Å². The quantitative estimate of drug-likeness (QED) is 0.831. The molecule has 1 unspecified atom stereocenters. The Morgan fingerprint density at radius 1 is 1.09 bits per heavy atom. The van der Waals surface area contributed by atoms with E-state index in [0.29, 0.717) is 0 Å². The minimum absolute atomic E-state index is 0.631. The van der Waals surface area contributed by atoms with Gasteiger partial charge in [-0.2, -0.15) is 0 Å². The second kappa shape index (κ2) is 7.47. The molecule has 3 nitrogen and oxygen atoms in total. The summed E-state index contributed by atoms with van der Waals surface area (Å²) in [5.74, 6) is 0.117. The molecule has 0 amide bonds. The average Bonchev–Trinajstić information content (AvgIpc) is 2.60. The van der Waals surface area contributed by atoms with E-state index in [0.717, 1.165) is 16.9 Å². The van der Waals surface area contributed by atoms with Crippen molar-refractivity contribution in [1.29, 1.82) is 0 Å². The van der Waals surface area contributed by atoms with Gasteiger partial charge in [-0.1, -0.05) is 67.6 Å². The number of thioether (sulfide) groups is 1. The van der Waals surface area contributed by atoms with Gasteiger partial charge in [0.1, 0.15) is 4.75 Å². The van der Waals surface area contributed by atoms with Crippen LogP contribution in [0.2, 0.25) is 0 Å². The maximum absolute atomic E-state index is 12.1. The third-order valence-corrected chi connectivity index (χ3v) is 5.03. The molecular formula is C18H20O3S.